The van der Waals surface area contributed by atoms with Gasteiger partial charge in [0.25, 0.3) is 0 Å². The third kappa shape index (κ3) is 3.87. The van der Waals surface area contributed by atoms with Crippen LogP contribution >= 0.6 is 11.6 Å². The van der Waals surface area contributed by atoms with E-state index in [0.29, 0.717) is 6.04 Å². The van der Waals surface area contributed by atoms with E-state index in [1.54, 1.807) is 0 Å². The normalized spacial score (nSPS) is 15.6. The van der Waals surface area contributed by atoms with Gasteiger partial charge in [-0.15, -0.1) is 0 Å². The van der Waals surface area contributed by atoms with Crippen molar-refractivity contribution in [1.29, 1.82) is 0 Å². The van der Waals surface area contributed by atoms with Gasteiger partial charge in [0.05, 0.1) is 10.7 Å². The minimum Gasteiger partial charge on any atom is -0.373 e. The van der Waals surface area contributed by atoms with Crippen LogP contribution in [0, 0.1) is 5.92 Å². The number of nitrogens with one attached hydrogen (secondary N) is 1. The van der Waals surface area contributed by atoms with Gasteiger partial charge in [-0.1, -0.05) is 44.0 Å². The number of nitrogens with zero attached hydrogens (tertiary/aromatic N) is 1. The van der Waals surface area contributed by atoms with Crippen molar-refractivity contribution >= 4 is 17.3 Å². The smallest absolute Gasteiger partial charge is 0.0642 e. The Balaban J connectivity index is 2.11. The molecule has 1 N–H and O–H groups in total. The minimum absolute atomic E-state index is 0.490. The molecule has 0 amide bonds. The molecular formula is C16H25ClN2. The minimum atomic E-state index is 0.490. The maximum Gasteiger partial charge on any atom is 0.0642 e. The van der Waals surface area contributed by atoms with E-state index in [1.807, 2.05) is 12.1 Å². The van der Waals surface area contributed by atoms with Crippen LogP contribution in [0.5, 0.6) is 0 Å². The van der Waals surface area contributed by atoms with Crippen LogP contribution in [0.1, 0.15) is 38.7 Å². The van der Waals surface area contributed by atoms with Gasteiger partial charge >= 0.3 is 0 Å². The second-order valence-electron chi connectivity index (χ2n) is 5.96. The molecule has 19 heavy (non-hydrogen) atoms. The number of halogens is 1. The van der Waals surface area contributed by atoms with Crippen LogP contribution in [0.2, 0.25) is 5.02 Å². The Morgan fingerprint density at radius 1 is 1.37 bits per heavy atom. The summed E-state index contributed by atoms with van der Waals surface area (Å²) in [7, 11) is 2.17. The first kappa shape index (κ1) is 14.7. The summed E-state index contributed by atoms with van der Waals surface area (Å²) in [5.74, 6) is 0.854. The topological polar surface area (TPSA) is 15.3 Å². The molecule has 1 aromatic rings. The van der Waals surface area contributed by atoms with Crippen LogP contribution in [0.4, 0.5) is 5.69 Å². The van der Waals surface area contributed by atoms with Crippen LogP contribution in [-0.2, 0) is 6.54 Å². The quantitative estimate of drug-likeness (QED) is 0.845. The van der Waals surface area contributed by atoms with Gasteiger partial charge < -0.3 is 10.2 Å². The van der Waals surface area contributed by atoms with Crippen molar-refractivity contribution in [3.05, 3.63) is 28.8 Å². The zero-order valence-electron chi connectivity index (χ0n) is 12.2. The van der Waals surface area contributed by atoms with Crippen LogP contribution in [-0.4, -0.2) is 19.6 Å². The van der Waals surface area contributed by atoms with Gasteiger partial charge in [0.2, 0.25) is 0 Å². The maximum atomic E-state index is 6.41. The molecule has 0 aromatic heterocycles. The molecule has 1 saturated carbocycles. The van der Waals surface area contributed by atoms with Crippen LogP contribution in [0.3, 0.4) is 0 Å². The zero-order chi connectivity index (χ0) is 13.8. The van der Waals surface area contributed by atoms with Crippen molar-refractivity contribution in [2.75, 3.05) is 18.5 Å². The molecule has 0 atom stereocenters. The Kier molecular flexibility index (Phi) is 5.12. The van der Waals surface area contributed by atoms with Gasteiger partial charge in [0.15, 0.2) is 0 Å². The number of para-hydroxylation sites is 1. The lowest BCUT2D eigenvalue weighted by Crippen LogP contribution is -2.31. The highest BCUT2D eigenvalue weighted by atomic mass is 35.5. The Hall–Kier alpha value is -0.730. The van der Waals surface area contributed by atoms with E-state index in [1.165, 1.54) is 30.5 Å². The van der Waals surface area contributed by atoms with E-state index in [9.17, 15) is 0 Å². The fraction of sp³-hybridized carbons (Fsp3) is 0.625. The highest BCUT2D eigenvalue weighted by molar-refractivity contribution is 6.33. The molecule has 1 aliphatic carbocycles. The molecule has 1 aromatic carbocycles. The summed E-state index contributed by atoms with van der Waals surface area (Å²) in [4.78, 5) is 2.34. The Labute approximate surface area is 122 Å². The summed E-state index contributed by atoms with van der Waals surface area (Å²) in [6.45, 7) is 6.34. The summed E-state index contributed by atoms with van der Waals surface area (Å²) in [6.07, 6.45) is 4.13. The van der Waals surface area contributed by atoms with Gasteiger partial charge in [0.1, 0.15) is 0 Å². The molecule has 0 radical (unpaired) electrons. The molecule has 0 heterocycles. The average molecular weight is 281 g/mol. The highest BCUT2D eigenvalue weighted by Crippen LogP contribution is 2.33. The fourth-order valence-electron chi connectivity index (χ4n) is 2.60. The van der Waals surface area contributed by atoms with Gasteiger partial charge in [-0.25, -0.2) is 0 Å². The molecule has 0 bridgehead atoms. The molecule has 0 saturated heterocycles. The second kappa shape index (κ2) is 6.62. The van der Waals surface area contributed by atoms with E-state index in [2.05, 4.69) is 37.2 Å². The molecular weight excluding hydrogens is 256 g/mol. The first-order valence-corrected chi connectivity index (χ1v) is 7.67. The van der Waals surface area contributed by atoms with Gasteiger partial charge in [-0.2, -0.15) is 0 Å². The molecule has 106 valence electrons. The summed E-state index contributed by atoms with van der Waals surface area (Å²) in [5, 5.41) is 4.35. The molecule has 0 aliphatic heterocycles. The van der Waals surface area contributed by atoms with Gasteiger partial charge in [-0.3, -0.25) is 0 Å². The predicted octanol–water partition coefficient (Wildman–Crippen LogP) is 4.07. The van der Waals surface area contributed by atoms with Crippen molar-refractivity contribution in [2.45, 2.75) is 45.7 Å². The number of anilines is 1. The lowest BCUT2D eigenvalue weighted by Gasteiger charge is -2.33. The second-order valence-corrected chi connectivity index (χ2v) is 6.37. The van der Waals surface area contributed by atoms with Crippen LogP contribution < -0.4 is 10.2 Å². The number of hydrogen-bond acceptors (Lipinski definition) is 2. The number of benzene rings is 1. The summed E-state index contributed by atoms with van der Waals surface area (Å²) in [5.41, 5.74) is 2.49. The number of rotatable bonds is 6. The predicted molar refractivity (Wildman–Crippen MR) is 84.0 cm³/mol. The SMILES string of the molecule is CC(C)NCc1cccc(Cl)c1N(C)CC1CCC1. The van der Waals surface area contributed by atoms with Crippen molar-refractivity contribution in [1.82, 2.24) is 5.32 Å². The Bertz CT molecular complexity index is 413. The first-order valence-electron chi connectivity index (χ1n) is 7.30. The summed E-state index contributed by atoms with van der Waals surface area (Å²) < 4.78 is 0. The van der Waals surface area contributed by atoms with E-state index in [0.717, 1.165) is 24.0 Å². The molecule has 0 spiro atoms. The fourth-order valence-corrected chi connectivity index (χ4v) is 2.94. The van der Waals surface area contributed by atoms with Gasteiger partial charge in [-0.05, 0) is 30.4 Å². The molecule has 1 aliphatic rings. The molecule has 3 heteroatoms. The zero-order valence-corrected chi connectivity index (χ0v) is 13.0. The Morgan fingerprint density at radius 3 is 2.68 bits per heavy atom. The Morgan fingerprint density at radius 2 is 2.11 bits per heavy atom. The summed E-state index contributed by atoms with van der Waals surface area (Å²) >= 11 is 6.41. The number of hydrogen-bond donors (Lipinski definition) is 1. The van der Waals surface area contributed by atoms with Crippen molar-refractivity contribution in [2.24, 2.45) is 5.92 Å². The summed E-state index contributed by atoms with van der Waals surface area (Å²) in [6, 6.07) is 6.70. The lowest BCUT2D eigenvalue weighted by molar-refractivity contribution is 0.321. The third-order valence-corrected chi connectivity index (χ3v) is 4.21. The lowest BCUT2D eigenvalue weighted by atomic mass is 9.85. The highest BCUT2D eigenvalue weighted by Gasteiger charge is 2.21. The standard InChI is InChI=1S/C16H25ClN2/c1-12(2)18-10-14-8-5-9-15(17)16(14)19(3)11-13-6-4-7-13/h5,8-9,12-13,18H,4,6-7,10-11H2,1-3H3. The average Bonchev–Trinajstić information content (AvgIpc) is 2.31. The largest absolute Gasteiger partial charge is 0.373 e. The van der Waals surface area contributed by atoms with Crippen LogP contribution in [0.25, 0.3) is 0 Å². The maximum absolute atomic E-state index is 6.41. The molecule has 2 rings (SSSR count). The first-order chi connectivity index (χ1) is 9.08. The van der Waals surface area contributed by atoms with E-state index < -0.39 is 0 Å². The van der Waals surface area contributed by atoms with Crippen LogP contribution in [0.15, 0.2) is 18.2 Å². The van der Waals surface area contributed by atoms with E-state index in [-0.39, 0.29) is 0 Å². The molecule has 2 nitrogen and oxygen atoms in total. The van der Waals surface area contributed by atoms with E-state index in [4.69, 9.17) is 11.6 Å². The molecule has 0 unspecified atom stereocenters. The van der Waals surface area contributed by atoms with Crippen molar-refractivity contribution < 1.29 is 0 Å². The monoisotopic (exact) mass is 280 g/mol. The van der Waals surface area contributed by atoms with Crippen molar-refractivity contribution in [3.8, 4) is 0 Å². The third-order valence-electron chi connectivity index (χ3n) is 3.91. The van der Waals surface area contributed by atoms with E-state index >= 15 is 0 Å². The van der Waals surface area contributed by atoms with Crippen molar-refractivity contribution in [3.63, 3.8) is 0 Å². The molecule has 1 fully saturated rings. The van der Waals surface area contributed by atoms with Gasteiger partial charge in [0, 0.05) is 26.2 Å².